The Balaban J connectivity index is 2.22. The summed E-state index contributed by atoms with van der Waals surface area (Å²) in [6.45, 7) is 0. The molecule has 0 aliphatic heterocycles. The summed E-state index contributed by atoms with van der Waals surface area (Å²) in [6, 6.07) is 28.4. The highest BCUT2D eigenvalue weighted by Crippen LogP contribution is 2.32. The third-order valence-electron chi connectivity index (χ3n) is 3.84. The van der Waals surface area contributed by atoms with Gasteiger partial charge in [0.15, 0.2) is 0 Å². The van der Waals surface area contributed by atoms with E-state index in [0.29, 0.717) is 16.7 Å². The van der Waals surface area contributed by atoms with Crippen molar-refractivity contribution in [2.24, 2.45) is 0 Å². The molecule has 115 valence electrons. The molecular weight excluding hydrogens is 306 g/mol. The molecule has 0 saturated heterocycles. The molecule has 3 rings (SSSR count). The molecule has 0 heterocycles. The number of rotatable bonds is 3. The van der Waals surface area contributed by atoms with E-state index in [1.807, 2.05) is 54.6 Å². The minimum atomic E-state index is 0.558. The molecule has 0 aliphatic rings. The lowest BCUT2D eigenvalue weighted by Crippen LogP contribution is -2.05. The van der Waals surface area contributed by atoms with Crippen LogP contribution in [0.25, 0.3) is 0 Å². The van der Waals surface area contributed by atoms with E-state index in [4.69, 9.17) is 0 Å². The Morgan fingerprint density at radius 2 is 0.840 bits per heavy atom. The van der Waals surface area contributed by atoms with Crippen molar-refractivity contribution in [3.8, 4) is 18.2 Å². The van der Waals surface area contributed by atoms with Crippen molar-refractivity contribution in [2.75, 3.05) is 0 Å². The molecule has 0 fully saturated rings. The first-order chi connectivity index (χ1) is 12.2. The average Bonchev–Trinajstić information content (AvgIpc) is 2.68. The minimum Gasteiger partial charge on any atom is -0.192 e. The Hall–Kier alpha value is -3.87. The largest absolute Gasteiger partial charge is 0.192 e. The van der Waals surface area contributed by atoms with Gasteiger partial charge in [0, 0.05) is 0 Å². The molecule has 0 N–H and O–H groups in total. The van der Waals surface area contributed by atoms with E-state index in [1.54, 1.807) is 18.2 Å². The lowest BCUT2D eigenvalue weighted by atomic mass is 9.83. The van der Waals surface area contributed by atoms with Crippen molar-refractivity contribution >= 4 is 0 Å². The molecule has 0 amide bonds. The minimum absolute atomic E-state index is 0.558. The first-order valence-corrected chi connectivity index (χ1v) is 7.63. The lowest BCUT2D eigenvalue weighted by molar-refractivity contribution is 1.22. The van der Waals surface area contributed by atoms with Crippen molar-refractivity contribution in [3.05, 3.63) is 112 Å². The third kappa shape index (κ3) is 3.40. The monoisotopic (exact) mass is 318 g/mol. The van der Waals surface area contributed by atoms with Crippen LogP contribution in [0.2, 0.25) is 0 Å². The molecule has 0 aliphatic carbocycles. The third-order valence-corrected chi connectivity index (χ3v) is 3.84. The summed E-state index contributed by atoms with van der Waals surface area (Å²) in [6.07, 6.45) is 0. The second-order valence-electron chi connectivity index (χ2n) is 5.45. The summed E-state index contributed by atoms with van der Waals surface area (Å²) in [5.74, 6) is 0.881. The van der Waals surface area contributed by atoms with Crippen LogP contribution in [0.4, 0.5) is 0 Å². The summed E-state index contributed by atoms with van der Waals surface area (Å²) < 4.78 is 0. The molecular formula is C22H12N3. The summed E-state index contributed by atoms with van der Waals surface area (Å²) >= 11 is 0. The molecule has 0 atom stereocenters. The maximum Gasteiger partial charge on any atom is 0.0991 e. The van der Waals surface area contributed by atoms with Gasteiger partial charge in [0.1, 0.15) is 0 Å². The number of hydrogen-bond donors (Lipinski definition) is 0. The number of hydrogen-bond acceptors (Lipinski definition) is 3. The molecule has 1 radical (unpaired) electrons. The van der Waals surface area contributed by atoms with E-state index in [2.05, 4.69) is 18.2 Å². The van der Waals surface area contributed by atoms with Gasteiger partial charge in [0.05, 0.1) is 40.8 Å². The maximum absolute atomic E-state index is 9.20. The maximum atomic E-state index is 9.20. The molecule has 0 unspecified atom stereocenters. The highest BCUT2D eigenvalue weighted by atomic mass is 14.3. The van der Waals surface area contributed by atoms with Gasteiger partial charge in [-0.3, -0.25) is 0 Å². The molecule has 0 saturated carbocycles. The average molecular weight is 318 g/mol. The van der Waals surface area contributed by atoms with Crippen LogP contribution in [0.3, 0.4) is 0 Å². The molecule has 3 nitrogen and oxygen atoms in total. The summed E-state index contributed by atoms with van der Waals surface area (Å²) in [5.41, 5.74) is 4.27. The molecule has 25 heavy (non-hydrogen) atoms. The Labute approximate surface area is 146 Å². The molecule has 0 spiro atoms. The van der Waals surface area contributed by atoms with E-state index >= 15 is 0 Å². The predicted molar refractivity (Wildman–Crippen MR) is 94.0 cm³/mol. The van der Waals surface area contributed by atoms with Crippen LogP contribution < -0.4 is 0 Å². The molecule has 3 aromatic carbocycles. The predicted octanol–water partition coefficient (Wildman–Crippen LogP) is 4.32. The van der Waals surface area contributed by atoms with Gasteiger partial charge in [-0.05, 0) is 53.1 Å². The Morgan fingerprint density at radius 1 is 0.520 bits per heavy atom. The second kappa shape index (κ2) is 7.14. The van der Waals surface area contributed by atoms with Gasteiger partial charge < -0.3 is 0 Å². The van der Waals surface area contributed by atoms with Gasteiger partial charge in [-0.1, -0.05) is 36.4 Å². The summed E-state index contributed by atoms with van der Waals surface area (Å²) in [5, 5.41) is 27.6. The fraction of sp³-hybridized carbons (Fsp3) is 0. The van der Waals surface area contributed by atoms with Crippen LogP contribution in [0.15, 0.2) is 72.8 Å². The highest BCUT2D eigenvalue weighted by Gasteiger charge is 2.19. The number of benzene rings is 3. The van der Waals surface area contributed by atoms with Gasteiger partial charge in [-0.25, -0.2) is 0 Å². The Kier molecular flexibility index (Phi) is 4.57. The van der Waals surface area contributed by atoms with Gasteiger partial charge in [-0.15, -0.1) is 0 Å². The second-order valence-corrected chi connectivity index (χ2v) is 5.45. The molecule has 3 heteroatoms. The fourth-order valence-electron chi connectivity index (χ4n) is 2.73. The standard InChI is InChI=1S/C22H12N3/c23-13-16-4-1-7-19(10-16)22(20-8-2-5-17(11-20)14-24)21-9-3-6-18(12-21)15-25/h1-12H. The molecule has 0 bridgehead atoms. The van der Waals surface area contributed by atoms with Crippen LogP contribution >= 0.6 is 0 Å². The fourth-order valence-corrected chi connectivity index (χ4v) is 2.73. The molecule has 0 aromatic heterocycles. The summed E-state index contributed by atoms with van der Waals surface area (Å²) in [7, 11) is 0. The van der Waals surface area contributed by atoms with Crippen molar-refractivity contribution in [1.29, 1.82) is 15.8 Å². The van der Waals surface area contributed by atoms with E-state index in [1.165, 1.54) is 0 Å². The molecule has 3 aromatic rings. The zero-order valence-electron chi connectivity index (χ0n) is 13.3. The Bertz CT molecular complexity index is 909. The lowest BCUT2D eigenvalue weighted by Gasteiger charge is -2.18. The van der Waals surface area contributed by atoms with Crippen molar-refractivity contribution in [3.63, 3.8) is 0 Å². The zero-order chi connectivity index (χ0) is 17.6. The number of nitriles is 3. The van der Waals surface area contributed by atoms with E-state index in [0.717, 1.165) is 22.6 Å². The van der Waals surface area contributed by atoms with Crippen LogP contribution in [-0.4, -0.2) is 0 Å². The van der Waals surface area contributed by atoms with Crippen molar-refractivity contribution in [1.82, 2.24) is 0 Å². The SMILES string of the molecule is N#Cc1cccc([C](c2cccc(C#N)c2)c2cccc(C#N)c2)c1. The van der Waals surface area contributed by atoms with Crippen LogP contribution in [-0.2, 0) is 0 Å². The van der Waals surface area contributed by atoms with E-state index in [9.17, 15) is 15.8 Å². The van der Waals surface area contributed by atoms with Crippen LogP contribution in [0.1, 0.15) is 33.4 Å². The first-order valence-electron chi connectivity index (χ1n) is 7.63. The van der Waals surface area contributed by atoms with Crippen LogP contribution in [0.5, 0.6) is 0 Å². The quantitative estimate of drug-likeness (QED) is 0.675. The van der Waals surface area contributed by atoms with E-state index in [-0.39, 0.29) is 0 Å². The van der Waals surface area contributed by atoms with Gasteiger partial charge in [0.25, 0.3) is 0 Å². The summed E-state index contributed by atoms with van der Waals surface area (Å²) in [4.78, 5) is 0. The van der Waals surface area contributed by atoms with E-state index < -0.39 is 0 Å². The van der Waals surface area contributed by atoms with Crippen molar-refractivity contribution in [2.45, 2.75) is 0 Å². The van der Waals surface area contributed by atoms with Gasteiger partial charge >= 0.3 is 0 Å². The van der Waals surface area contributed by atoms with Crippen molar-refractivity contribution < 1.29 is 0 Å². The Morgan fingerprint density at radius 3 is 1.12 bits per heavy atom. The van der Waals surface area contributed by atoms with Gasteiger partial charge in [0.2, 0.25) is 0 Å². The number of nitrogens with zero attached hydrogens (tertiary/aromatic N) is 3. The smallest absolute Gasteiger partial charge is 0.0991 e. The van der Waals surface area contributed by atoms with Crippen LogP contribution in [0, 0.1) is 39.9 Å². The topological polar surface area (TPSA) is 71.4 Å². The van der Waals surface area contributed by atoms with Gasteiger partial charge in [-0.2, -0.15) is 15.8 Å². The zero-order valence-corrected chi connectivity index (χ0v) is 13.3. The first kappa shape index (κ1) is 16.0. The highest BCUT2D eigenvalue weighted by molar-refractivity contribution is 5.60. The normalized spacial score (nSPS) is 9.84.